The Morgan fingerprint density at radius 2 is 1.78 bits per heavy atom. The monoisotopic (exact) mass is 244 g/mol. The minimum atomic E-state index is -1.83. The summed E-state index contributed by atoms with van der Waals surface area (Å²) < 4.78 is -0.618. The van der Waals surface area contributed by atoms with Crippen molar-refractivity contribution in [2.24, 2.45) is 0 Å². The number of alkyl halides is 1. The number of carbonyl (C=O) groups is 1. The molecule has 0 aliphatic rings. The first-order chi connectivity index (χ1) is 4.00. The van der Waals surface area contributed by atoms with Crippen LogP contribution in [0.2, 0.25) is 0 Å². The topological polar surface area (TPSA) is 77.8 Å². The standard InChI is InChI=1S/C3H3IO.CH2O3/c1-2-3(4)5;2-1(3)4/h1,3,5H;(H2,2,3,4). The van der Waals surface area contributed by atoms with E-state index in [0.717, 1.165) is 0 Å². The molecule has 0 aromatic carbocycles. The van der Waals surface area contributed by atoms with Crippen molar-refractivity contribution < 1.29 is 20.1 Å². The molecule has 1 atom stereocenters. The van der Waals surface area contributed by atoms with Crippen LogP contribution in [0.25, 0.3) is 0 Å². The van der Waals surface area contributed by atoms with E-state index in [9.17, 15) is 0 Å². The van der Waals surface area contributed by atoms with Crippen molar-refractivity contribution in [3.8, 4) is 12.3 Å². The molecule has 0 aromatic heterocycles. The van der Waals surface area contributed by atoms with Gasteiger partial charge in [-0.2, -0.15) is 0 Å². The largest absolute Gasteiger partial charge is 0.503 e. The lowest BCUT2D eigenvalue weighted by Gasteiger charge is -1.78. The third kappa shape index (κ3) is 99.2. The van der Waals surface area contributed by atoms with Crippen LogP contribution in [-0.4, -0.2) is 25.6 Å². The first-order valence-electron chi connectivity index (χ1n) is 1.71. The summed E-state index contributed by atoms with van der Waals surface area (Å²) in [5.74, 6) is 2.07. The number of rotatable bonds is 0. The molecule has 5 heteroatoms. The number of carboxylic acid groups (broad SMARTS) is 2. The highest BCUT2D eigenvalue weighted by Gasteiger charge is 1.78. The van der Waals surface area contributed by atoms with Gasteiger partial charge in [0.05, 0.1) is 0 Å². The van der Waals surface area contributed by atoms with Crippen molar-refractivity contribution in [3.05, 3.63) is 0 Å². The molecular formula is C4H5IO4. The first-order valence-corrected chi connectivity index (χ1v) is 2.95. The second-order valence-corrected chi connectivity index (χ2v) is 1.96. The van der Waals surface area contributed by atoms with Crippen LogP contribution in [0, 0.1) is 12.3 Å². The second-order valence-electron chi connectivity index (χ2n) is 0.785. The van der Waals surface area contributed by atoms with Gasteiger partial charge in [0.2, 0.25) is 0 Å². The van der Waals surface area contributed by atoms with Crippen LogP contribution in [0.4, 0.5) is 4.79 Å². The predicted octanol–water partition coefficient (Wildman–Crippen LogP) is 0.595. The van der Waals surface area contributed by atoms with Gasteiger partial charge in [-0.1, -0.05) is 5.92 Å². The highest BCUT2D eigenvalue weighted by Crippen LogP contribution is 1.87. The predicted molar refractivity (Wildman–Crippen MR) is 39.5 cm³/mol. The number of halogens is 1. The van der Waals surface area contributed by atoms with Gasteiger partial charge in [-0.3, -0.25) is 0 Å². The molecule has 4 nitrogen and oxygen atoms in total. The summed E-state index contributed by atoms with van der Waals surface area (Å²) in [4.78, 5) is 8.56. The lowest BCUT2D eigenvalue weighted by Crippen LogP contribution is -1.83. The highest BCUT2D eigenvalue weighted by molar-refractivity contribution is 14.1. The van der Waals surface area contributed by atoms with E-state index in [4.69, 9.17) is 20.1 Å². The Kier molecular flexibility index (Phi) is 9.47. The van der Waals surface area contributed by atoms with Gasteiger partial charge in [-0.05, 0) is 22.6 Å². The van der Waals surface area contributed by atoms with Crippen molar-refractivity contribution in [3.63, 3.8) is 0 Å². The molecule has 0 spiro atoms. The molecular weight excluding hydrogens is 239 g/mol. The van der Waals surface area contributed by atoms with Gasteiger partial charge in [0.25, 0.3) is 0 Å². The highest BCUT2D eigenvalue weighted by atomic mass is 127. The van der Waals surface area contributed by atoms with E-state index >= 15 is 0 Å². The van der Waals surface area contributed by atoms with Crippen molar-refractivity contribution in [2.45, 2.75) is 4.11 Å². The summed E-state index contributed by atoms with van der Waals surface area (Å²) in [6.45, 7) is 0. The molecule has 0 radical (unpaired) electrons. The number of hydrogen-bond donors (Lipinski definition) is 3. The third-order valence-electron chi connectivity index (χ3n) is 0.138. The molecule has 0 bridgehead atoms. The average molecular weight is 244 g/mol. The maximum absolute atomic E-state index is 8.56. The van der Waals surface area contributed by atoms with E-state index in [0.29, 0.717) is 0 Å². The molecule has 9 heavy (non-hydrogen) atoms. The molecule has 0 saturated heterocycles. The Labute approximate surface area is 65.6 Å². The Morgan fingerprint density at radius 1 is 1.67 bits per heavy atom. The summed E-state index contributed by atoms with van der Waals surface area (Å²) in [7, 11) is 0. The van der Waals surface area contributed by atoms with Crippen LogP contribution in [0.3, 0.4) is 0 Å². The normalized spacial score (nSPS) is 9.89. The van der Waals surface area contributed by atoms with E-state index in [-0.39, 0.29) is 0 Å². The SMILES string of the molecule is C#CC(O)I.O=C(O)O. The Bertz CT molecular complexity index is 110. The van der Waals surface area contributed by atoms with Gasteiger partial charge >= 0.3 is 6.16 Å². The molecule has 3 N–H and O–H groups in total. The second kappa shape index (κ2) is 7.52. The van der Waals surface area contributed by atoms with Crippen molar-refractivity contribution >= 4 is 28.7 Å². The molecule has 0 aliphatic heterocycles. The zero-order chi connectivity index (χ0) is 7.86. The lowest BCUT2D eigenvalue weighted by atomic mass is 10.8. The van der Waals surface area contributed by atoms with Gasteiger partial charge in [0, 0.05) is 0 Å². The zero-order valence-corrected chi connectivity index (χ0v) is 6.44. The summed E-state index contributed by atoms with van der Waals surface area (Å²) in [5.41, 5.74) is 0. The van der Waals surface area contributed by atoms with E-state index < -0.39 is 10.3 Å². The Balaban J connectivity index is 0. The Morgan fingerprint density at radius 3 is 1.78 bits per heavy atom. The Hall–Kier alpha value is -0.480. The van der Waals surface area contributed by atoms with E-state index in [1.165, 1.54) is 0 Å². The fourth-order valence-electron chi connectivity index (χ4n) is 0. The minimum Gasteiger partial charge on any atom is -0.450 e. The van der Waals surface area contributed by atoms with Crippen molar-refractivity contribution in [1.29, 1.82) is 0 Å². The van der Waals surface area contributed by atoms with Crippen LogP contribution in [0.5, 0.6) is 0 Å². The number of aliphatic hydroxyl groups excluding tert-OH is 1. The number of terminal acetylenes is 1. The fraction of sp³-hybridized carbons (Fsp3) is 0.250. The van der Waals surface area contributed by atoms with Crippen LogP contribution in [0.15, 0.2) is 0 Å². The molecule has 1 unspecified atom stereocenters. The van der Waals surface area contributed by atoms with Crippen LogP contribution in [-0.2, 0) is 0 Å². The molecule has 0 saturated carbocycles. The van der Waals surface area contributed by atoms with E-state index in [1.807, 2.05) is 0 Å². The smallest absolute Gasteiger partial charge is 0.450 e. The zero-order valence-electron chi connectivity index (χ0n) is 4.28. The van der Waals surface area contributed by atoms with Gasteiger partial charge in [-0.15, -0.1) is 6.42 Å². The van der Waals surface area contributed by atoms with Gasteiger partial charge in [0.1, 0.15) is 0 Å². The van der Waals surface area contributed by atoms with Gasteiger partial charge in [-0.25, -0.2) is 4.79 Å². The molecule has 0 fully saturated rings. The number of hydrogen-bond acceptors (Lipinski definition) is 2. The molecule has 0 rings (SSSR count). The summed E-state index contributed by atoms with van der Waals surface area (Å²) >= 11 is 1.73. The van der Waals surface area contributed by atoms with Crippen molar-refractivity contribution in [2.75, 3.05) is 0 Å². The fourth-order valence-corrected chi connectivity index (χ4v) is 0. The van der Waals surface area contributed by atoms with Crippen LogP contribution >= 0.6 is 22.6 Å². The maximum Gasteiger partial charge on any atom is 0.503 e. The molecule has 0 aliphatic carbocycles. The van der Waals surface area contributed by atoms with Crippen LogP contribution in [0.1, 0.15) is 0 Å². The van der Waals surface area contributed by atoms with Gasteiger partial charge < -0.3 is 15.3 Å². The first kappa shape index (κ1) is 11.3. The van der Waals surface area contributed by atoms with Crippen molar-refractivity contribution in [1.82, 2.24) is 0 Å². The average Bonchev–Trinajstić information content (AvgIpc) is 1.65. The summed E-state index contributed by atoms with van der Waals surface area (Å²) in [5, 5.41) is 22.1. The summed E-state index contributed by atoms with van der Waals surface area (Å²) in [6, 6.07) is 0. The van der Waals surface area contributed by atoms with Crippen LogP contribution < -0.4 is 0 Å². The molecule has 0 heterocycles. The maximum atomic E-state index is 8.56. The van der Waals surface area contributed by atoms with E-state index in [1.54, 1.807) is 22.6 Å². The lowest BCUT2D eigenvalue weighted by molar-refractivity contribution is 0.137. The number of aliphatic hydroxyl groups is 1. The third-order valence-corrected chi connectivity index (χ3v) is 0.497. The quantitative estimate of drug-likeness (QED) is 0.331. The van der Waals surface area contributed by atoms with Gasteiger partial charge in [0.15, 0.2) is 4.11 Å². The molecule has 0 aromatic rings. The minimum absolute atomic E-state index is 0.618. The van der Waals surface area contributed by atoms with E-state index in [2.05, 4.69) is 12.3 Å². The molecule has 52 valence electrons. The summed E-state index contributed by atoms with van der Waals surface area (Å²) in [6.07, 6.45) is 2.83. The molecule has 0 amide bonds.